The summed E-state index contributed by atoms with van der Waals surface area (Å²) in [5, 5.41) is 6.12. The molecular formula is C17H25ClN2O3Si. The zero-order valence-electron chi connectivity index (χ0n) is 14.8. The van der Waals surface area contributed by atoms with Gasteiger partial charge in [-0.05, 0) is 42.8 Å². The van der Waals surface area contributed by atoms with Crippen molar-refractivity contribution < 1.29 is 14.0 Å². The van der Waals surface area contributed by atoms with Crippen LogP contribution in [0, 0.1) is 0 Å². The smallest absolute Gasteiger partial charge is 0.254 e. The summed E-state index contributed by atoms with van der Waals surface area (Å²) in [5.41, 5.74) is 0.860. The topological polar surface area (TPSA) is 67.4 Å². The Morgan fingerprint density at radius 1 is 1.25 bits per heavy atom. The third-order valence-corrected chi connectivity index (χ3v) is 9.55. The Kier molecular flexibility index (Phi) is 5.42. The van der Waals surface area contributed by atoms with Crippen molar-refractivity contribution in [2.75, 3.05) is 11.9 Å². The maximum atomic E-state index is 12.4. The quantitative estimate of drug-likeness (QED) is 0.794. The summed E-state index contributed by atoms with van der Waals surface area (Å²) in [6, 6.07) is 4.21. The van der Waals surface area contributed by atoms with Gasteiger partial charge < -0.3 is 15.1 Å². The van der Waals surface area contributed by atoms with E-state index < -0.39 is 14.4 Å². The van der Waals surface area contributed by atoms with Gasteiger partial charge in [-0.2, -0.15) is 0 Å². The van der Waals surface area contributed by atoms with Crippen molar-refractivity contribution in [3.8, 4) is 0 Å². The molecule has 1 aliphatic rings. The molecule has 0 aromatic heterocycles. The summed E-state index contributed by atoms with van der Waals surface area (Å²) in [6.07, 6.45) is 0.436. The number of halogens is 1. The second-order valence-corrected chi connectivity index (χ2v) is 12.8. The maximum Gasteiger partial charge on any atom is 0.254 e. The van der Waals surface area contributed by atoms with Crippen molar-refractivity contribution >= 4 is 37.4 Å². The minimum atomic E-state index is -1.87. The average molecular weight is 369 g/mol. The predicted octanol–water partition coefficient (Wildman–Crippen LogP) is 3.80. The van der Waals surface area contributed by atoms with Crippen molar-refractivity contribution in [1.82, 2.24) is 5.32 Å². The van der Waals surface area contributed by atoms with Gasteiger partial charge in [0, 0.05) is 11.6 Å². The van der Waals surface area contributed by atoms with E-state index in [2.05, 4.69) is 44.5 Å². The van der Waals surface area contributed by atoms with E-state index in [9.17, 15) is 9.59 Å². The summed E-state index contributed by atoms with van der Waals surface area (Å²) in [4.78, 5) is 24.7. The molecule has 5 nitrogen and oxygen atoms in total. The molecule has 0 bridgehead atoms. The number of amides is 2. The molecule has 7 heteroatoms. The van der Waals surface area contributed by atoms with Crippen molar-refractivity contribution in [3.63, 3.8) is 0 Å². The van der Waals surface area contributed by atoms with Crippen molar-refractivity contribution in [2.45, 2.75) is 51.4 Å². The van der Waals surface area contributed by atoms with Crippen molar-refractivity contribution in [1.29, 1.82) is 0 Å². The van der Waals surface area contributed by atoms with Gasteiger partial charge in [0.1, 0.15) is 6.04 Å². The fraction of sp³-hybridized carbons (Fsp3) is 0.529. The Bertz CT molecular complexity index is 656. The van der Waals surface area contributed by atoms with Crippen LogP contribution in [-0.2, 0) is 9.22 Å². The number of carbonyl (C=O) groups is 2. The second kappa shape index (κ2) is 6.86. The van der Waals surface area contributed by atoms with Crippen LogP contribution in [0.2, 0.25) is 23.2 Å². The van der Waals surface area contributed by atoms with E-state index >= 15 is 0 Å². The number of nitrogens with one attached hydrogen (secondary N) is 2. The van der Waals surface area contributed by atoms with Gasteiger partial charge in [0.05, 0.1) is 11.3 Å². The van der Waals surface area contributed by atoms with Gasteiger partial charge in [-0.3, -0.25) is 9.59 Å². The van der Waals surface area contributed by atoms with Gasteiger partial charge in [0.2, 0.25) is 5.91 Å². The van der Waals surface area contributed by atoms with Gasteiger partial charge in [0.15, 0.2) is 8.32 Å². The van der Waals surface area contributed by atoms with Crippen LogP contribution in [-0.4, -0.2) is 32.8 Å². The van der Waals surface area contributed by atoms with E-state index in [-0.39, 0.29) is 16.9 Å². The lowest BCUT2D eigenvalue weighted by molar-refractivity contribution is -0.118. The van der Waals surface area contributed by atoms with E-state index in [0.29, 0.717) is 29.3 Å². The number of carbonyl (C=O) groups excluding carboxylic acids is 2. The molecule has 0 saturated carbocycles. The molecule has 24 heavy (non-hydrogen) atoms. The lowest BCUT2D eigenvalue weighted by Gasteiger charge is -2.36. The van der Waals surface area contributed by atoms with Gasteiger partial charge in [-0.1, -0.05) is 32.4 Å². The third-order valence-electron chi connectivity index (χ3n) is 4.78. The summed E-state index contributed by atoms with van der Waals surface area (Å²) in [5.74, 6) is -0.527. The van der Waals surface area contributed by atoms with Crippen LogP contribution in [0.4, 0.5) is 5.69 Å². The highest BCUT2D eigenvalue weighted by Gasteiger charge is 2.37. The number of benzene rings is 1. The normalized spacial score (nSPS) is 18.5. The van der Waals surface area contributed by atoms with Crippen LogP contribution in [0.3, 0.4) is 0 Å². The van der Waals surface area contributed by atoms with Crippen LogP contribution < -0.4 is 10.6 Å². The Morgan fingerprint density at radius 3 is 2.54 bits per heavy atom. The molecule has 1 heterocycles. The number of fused-ring (bicyclic) bond motifs is 1. The summed E-state index contributed by atoms with van der Waals surface area (Å²) >= 11 is 5.94. The molecule has 1 aliphatic heterocycles. The van der Waals surface area contributed by atoms with E-state index in [1.165, 1.54) is 0 Å². The van der Waals surface area contributed by atoms with Crippen LogP contribution in [0.15, 0.2) is 18.2 Å². The molecule has 2 amide bonds. The molecule has 1 atom stereocenters. The highest BCUT2D eigenvalue weighted by molar-refractivity contribution is 6.74. The first-order valence-corrected chi connectivity index (χ1v) is 11.3. The Balaban J connectivity index is 2.04. The Morgan fingerprint density at radius 2 is 1.92 bits per heavy atom. The van der Waals surface area contributed by atoms with Gasteiger partial charge >= 0.3 is 0 Å². The third kappa shape index (κ3) is 4.17. The molecule has 132 valence electrons. The fourth-order valence-electron chi connectivity index (χ4n) is 2.19. The van der Waals surface area contributed by atoms with Crippen LogP contribution in [0.25, 0.3) is 0 Å². The van der Waals surface area contributed by atoms with Crippen molar-refractivity contribution in [3.05, 3.63) is 28.8 Å². The second-order valence-electron chi connectivity index (χ2n) is 7.60. The predicted molar refractivity (Wildman–Crippen MR) is 99.1 cm³/mol. The van der Waals surface area contributed by atoms with E-state index in [1.54, 1.807) is 18.2 Å². The number of rotatable bonds is 4. The van der Waals surface area contributed by atoms with Crippen LogP contribution in [0.5, 0.6) is 0 Å². The van der Waals surface area contributed by atoms with E-state index in [4.69, 9.17) is 16.0 Å². The number of hydrogen-bond donors (Lipinski definition) is 2. The first-order valence-electron chi connectivity index (χ1n) is 8.06. The molecule has 0 unspecified atom stereocenters. The van der Waals surface area contributed by atoms with E-state index in [1.807, 2.05) is 0 Å². The van der Waals surface area contributed by atoms with Crippen LogP contribution >= 0.6 is 11.6 Å². The summed E-state index contributed by atoms with van der Waals surface area (Å²) in [6.45, 7) is 11.3. The molecule has 0 fully saturated rings. The molecule has 0 spiro atoms. The van der Waals surface area contributed by atoms with Crippen LogP contribution in [0.1, 0.15) is 37.6 Å². The first kappa shape index (κ1) is 19.0. The molecular weight excluding hydrogens is 344 g/mol. The zero-order valence-corrected chi connectivity index (χ0v) is 16.6. The lowest BCUT2D eigenvalue weighted by Crippen LogP contribution is -2.45. The van der Waals surface area contributed by atoms with Gasteiger partial charge in [0.25, 0.3) is 5.91 Å². The monoisotopic (exact) mass is 368 g/mol. The van der Waals surface area contributed by atoms with Gasteiger partial charge in [-0.25, -0.2) is 0 Å². The molecule has 0 saturated heterocycles. The Hall–Kier alpha value is -1.37. The molecule has 0 aliphatic carbocycles. The Labute approximate surface area is 149 Å². The van der Waals surface area contributed by atoms with Crippen molar-refractivity contribution in [2.24, 2.45) is 0 Å². The average Bonchev–Trinajstić information content (AvgIpc) is 2.54. The molecule has 2 rings (SSSR count). The maximum absolute atomic E-state index is 12.4. The standard InChI is InChI=1S/C17H25ClN2O3Si/c1-17(2,3)24(4,5)23-9-8-13-16(22)20-14-10-11(18)6-7-12(14)15(21)19-13/h6-7,10,13H,8-9H2,1-5H3,(H,19,21)(H,20,22)/t13-/m1/s1. The molecule has 2 N–H and O–H groups in total. The number of hydrogen-bond acceptors (Lipinski definition) is 3. The molecule has 0 radical (unpaired) electrons. The SMILES string of the molecule is CC(C)(C)[Si](C)(C)OCC[C@H]1NC(=O)c2ccc(Cl)cc2NC1=O. The molecule has 1 aromatic rings. The fourth-order valence-corrected chi connectivity index (χ4v) is 3.42. The minimum Gasteiger partial charge on any atom is -0.417 e. The largest absolute Gasteiger partial charge is 0.417 e. The van der Waals surface area contributed by atoms with E-state index in [0.717, 1.165) is 0 Å². The summed E-state index contributed by atoms with van der Waals surface area (Å²) < 4.78 is 6.10. The highest BCUT2D eigenvalue weighted by Crippen LogP contribution is 2.36. The van der Waals surface area contributed by atoms with Gasteiger partial charge in [-0.15, -0.1) is 0 Å². The zero-order chi connectivity index (χ0) is 18.1. The minimum absolute atomic E-state index is 0.106. The highest BCUT2D eigenvalue weighted by atomic mass is 35.5. The summed E-state index contributed by atoms with van der Waals surface area (Å²) in [7, 11) is -1.87. The lowest BCUT2D eigenvalue weighted by atomic mass is 10.1. The first-order chi connectivity index (χ1) is 11.0. The molecule has 1 aromatic carbocycles. The number of anilines is 1.